The Morgan fingerprint density at radius 2 is 1.89 bits per heavy atom. The van der Waals surface area contributed by atoms with Crippen LogP contribution in [0, 0.1) is 17.8 Å². The Bertz CT molecular complexity index is 549. The first-order chi connectivity index (χ1) is 12.9. The van der Waals surface area contributed by atoms with Crippen molar-refractivity contribution in [2.45, 2.75) is 110 Å². The number of hydrogen-bond donors (Lipinski definition) is 1. The molecule has 2 aliphatic rings. The van der Waals surface area contributed by atoms with Gasteiger partial charge in [0.15, 0.2) is 8.32 Å². The number of aliphatic hydroxyl groups is 1. The number of ether oxygens (including phenoxy) is 1. The molecule has 0 radical (unpaired) electrons. The van der Waals surface area contributed by atoms with Crippen LogP contribution in [0.2, 0.25) is 18.1 Å². The van der Waals surface area contributed by atoms with Crippen molar-refractivity contribution >= 4 is 14.3 Å². The van der Waals surface area contributed by atoms with Crippen molar-refractivity contribution < 1.29 is 19.1 Å². The predicted octanol–water partition coefficient (Wildman–Crippen LogP) is 5.46. The summed E-state index contributed by atoms with van der Waals surface area (Å²) in [6.07, 6.45) is 9.17. The van der Waals surface area contributed by atoms with Crippen LogP contribution in [0.3, 0.4) is 0 Å². The molecule has 4 nitrogen and oxygen atoms in total. The minimum atomic E-state index is -1.91. The highest BCUT2D eigenvalue weighted by molar-refractivity contribution is 6.74. The molecule has 162 valence electrons. The molecule has 2 fully saturated rings. The first-order valence-electron chi connectivity index (χ1n) is 11.1. The standard InChI is InChI=1S/C23H42O4Si/c1-16(2)10-8-9-11-17(24)12-13-18-19-14-22(25)26-20(19)15-21(18)27-28(6,7)23(3,4)5/h12-13,16-21,24H,8-11,14-15H2,1-7H3/b13-12+/t17-,18+,19+,20-,21+/m0/s1. The maximum Gasteiger partial charge on any atom is 0.306 e. The first-order valence-corrected chi connectivity index (χ1v) is 14.0. The largest absolute Gasteiger partial charge is 0.462 e. The van der Waals surface area contributed by atoms with Gasteiger partial charge in [-0.05, 0) is 30.5 Å². The molecular weight excluding hydrogens is 368 g/mol. The van der Waals surface area contributed by atoms with Gasteiger partial charge in [0.2, 0.25) is 0 Å². The molecule has 0 bridgehead atoms. The van der Waals surface area contributed by atoms with E-state index in [2.05, 4.69) is 53.8 Å². The summed E-state index contributed by atoms with van der Waals surface area (Å²) in [5, 5.41) is 10.5. The van der Waals surface area contributed by atoms with Crippen molar-refractivity contribution in [3.05, 3.63) is 12.2 Å². The van der Waals surface area contributed by atoms with E-state index < -0.39 is 14.4 Å². The molecule has 5 atom stereocenters. The SMILES string of the molecule is CC(C)CCCC[C@H](O)/C=C/[C@@H]1[C@H]2CC(=O)O[C@H]2C[C@H]1O[Si](C)(C)C(C)(C)C. The van der Waals surface area contributed by atoms with Gasteiger partial charge in [0, 0.05) is 18.3 Å². The van der Waals surface area contributed by atoms with Crippen LogP contribution in [-0.4, -0.2) is 37.7 Å². The topological polar surface area (TPSA) is 55.8 Å². The number of unbranched alkanes of at least 4 members (excludes halogenated alkanes) is 1. The van der Waals surface area contributed by atoms with Gasteiger partial charge in [-0.2, -0.15) is 0 Å². The Morgan fingerprint density at radius 3 is 2.50 bits per heavy atom. The van der Waals surface area contributed by atoms with Gasteiger partial charge in [-0.3, -0.25) is 4.79 Å². The quantitative estimate of drug-likeness (QED) is 0.237. The van der Waals surface area contributed by atoms with Gasteiger partial charge >= 0.3 is 5.97 Å². The second kappa shape index (κ2) is 9.44. The molecule has 0 aromatic heterocycles. The van der Waals surface area contributed by atoms with Crippen molar-refractivity contribution in [3.63, 3.8) is 0 Å². The van der Waals surface area contributed by atoms with Gasteiger partial charge in [0.1, 0.15) is 6.10 Å². The van der Waals surface area contributed by atoms with E-state index in [1.165, 1.54) is 6.42 Å². The number of esters is 1. The normalized spacial score (nSPS) is 29.5. The second-order valence-electron chi connectivity index (χ2n) is 10.8. The van der Waals surface area contributed by atoms with E-state index in [-0.39, 0.29) is 35.1 Å². The zero-order valence-electron chi connectivity index (χ0n) is 19.0. The second-order valence-corrected chi connectivity index (χ2v) is 15.5. The minimum absolute atomic E-state index is 0.0277. The third-order valence-corrected chi connectivity index (χ3v) is 11.4. The van der Waals surface area contributed by atoms with E-state index in [9.17, 15) is 9.90 Å². The highest BCUT2D eigenvalue weighted by atomic mass is 28.4. The molecule has 2 rings (SSSR count). The summed E-state index contributed by atoms with van der Waals surface area (Å²) in [5.41, 5.74) is 0. The molecule has 1 saturated carbocycles. The van der Waals surface area contributed by atoms with Crippen molar-refractivity contribution in [2.24, 2.45) is 17.8 Å². The first kappa shape index (κ1) is 23.6. The van der Waals surface area contributed by atoms with Gasteiger partial charge in [-0.15, -0.1) is 0 Å². The van der Waals surface area contributed by atoms with E-state index in [1.807, 2.05) is 6.08 Å². The van der Waals surface area contributed by atoms with Gasteiger partial charge in [0.25, 0.3) is 0 Å². The van der Waals surface area contributed by atoms with Crippen molar-refractivity contribution in [1.29, 1.82) is 0 Å². The van der Waals surface area contributed by atoms with E-state index in [0.717, 1.165) is 31.6 Å². The highest BCUT2D eigenvalue weighted by Gasteiger charge is 2.52. The molecule has 0 aromatic rings. The van der Waals surface area contributed by atoms with Crippen LogP contribution in [0.15, 0.2) is 12.2 Å². The number of carbonyl (C=O) groups excluding carboxylic acids is 1. The monoisotopic (exact) mass is 410 g/mol. The van der Waals surface area contributed by atoms with Crippen LogP contribution < -0.4 is 0 Å². The third kappa shape index (κ3) is 6.17. The van der Waals surface area contributed by atoms with Crippen molar-refractivity contribution in [3.8, 4) is 0 Å². The summed E-state index contributed by atoms with van der Waals surface area (Å²) in [6, 6.07) is 0. The van der Waals surface area contributed by atoms with E-state index in [4.69, 9.17) is 9.16 Å². The van der Waals surface area contributed by atoms with Crippen LogP contribution in [0.1, 0.15) is 73.1 Å². The third-order valence-electron chi connectivity index (χ3n) is 6.89. The van der Waals surface area contributed by atoms with Gasteiger partial charge in [-0.25, -0.2) is 0 Å². The van der Waals surface area contributed by atoms with Crippen molar-refractivity contribution in [1.82, 2.24) is 0 Å². The lowest BCUT2D eigenvalue weighted by Crippen LogP contribution is -2.45. The summed E-state index contributed by atoms with van der Waals surface area (Å²) < 4.78 is 12.3. The van der Waals surface area contributed by atoms with Gasteiger partial charge < -0.3 is 14.3 Å². The average molecular weight is 411 g/mol. The molecule has 0 spiro atoms. The molecule has 1 heterocycles. The highest BCUT2D eigenvalue weighted by Crippen LogP contribution is 2.47. The Balaban J connectivity index is 2.01. The number of rotatable bonds is 9. The summed E-state index contributed by atoms with van der Waals surface area (Å²) >= 11 is 0. The zero-order chi connectivity index (χ0) is 21.1. The Kier molecular flexibility index (Phi) is 7.96. The maximum atomic E-state index is 11.8. The van der Waals surface area contributed by atoms with Crippen LogP contribution in [0.25, 0.3) is 0 Å². The fourth-order valence-corrected chi connectivity index (χ4v) is 5.47. The number of aliphatic hydroxyl groups excluding tert-OH is 1. The molecule has 0 aromatic carbocycles. The fraction of sp³-hybridized carbons (Fsp3) is 0.870. The predicted molar refractivity (Wildman–Crippen MR) is 117 cm³/mol. The molecule has 28 heavy (non-hydrogen) atoms. The zero-order valence-corrected chi connectivity index (χ0v) is 20.0. The molecule has 1 saturated heterocycles. The van der Waals surface area contributed by atoms with E-state index in [0.29, 0.717) is 6.42 Å². The number of carbonyl (C=O) groups is 1. The maximum absolute atomic E-state index is 11.8. The average Bonchev–Trinajstić information content (AvgIpc) is 3.03. The lowest BCUT2D eigenvalue weighted by atomic mass is 9.91. The fourth-order valence-electron chi connectivity index (χ4n) is 4.10. The van der Waals surface area contributed by atoms with Crippen LogP contribution in [0.4, 0.5) is 0 Å². The summed E-state index contributed by atoms with van der Waals surface area (Å²) in [6.45, 7) is 15.8. The lowest BCUT2D eigenvalue weighted by molar-refractivity contribution is -0.141. The number of fused-ring (bicyclic) bond motifs is 1. The molecule has 1 aliphatic carbocycles. The summed E-state index contributed by atoms with van der Waals surface area (Å²) in [4.78, 5) is 11.8. The molecular formula is C23H42O4Si. The van der Waals surface area contributed by atoms with Crippen molar-refractivity contribution in [2.75, 3.05) is 0 Å². The minimum Gasteiger partial charge on any atom is -0.462 e. The van der Waals surface area contributed by atoms with Gasteiger partial charge in [0.05, 0.1) is 18.6 Å². The summed E-state index contributed by atoms with van der Waals surface area (Å²) in [7, 11) is -1.91. The Morgan fingerprint density at radius 1 is 1.25 bits per heavy atom. The van der Waals surface area contributed by atoms with Crippen LogP contribution >= 0.6 is 0 Å². The Labute approximate surface area is 173 Å². The van der Waals surface area contributed by atoms with Gasteiger partial charge in [-0.1, -0.05) is 66.0 Å². The molecule has 1 N–H and O–H groups in total. The van der Waals surface area contributed by atoms with E-state index in [1.54, 1.807) is 0 Å². The lowest BCUT2D eigenvalue weighted by Gasteiger charge is -2.39. The van der Waals surface area contributed by atoms with E-state index >= 15 is 0 Å². The molecule has 0 amide bonds. The molecule has 0 unspecified atom stereocenters. The molecule has 5 heteroatoms. The van der Waals surface area contributed by atoms with Crippen LogP contribution in [-0.2, 0) is 14.0 Å². The summed E-state index contributed by atoms with van der Waals surface area (Å²) in [5.74, 6) is 0.965. The number of hydrogen-bond acceptors (Lipinski definition) is 4. The van der Waals surface area contributed by atoms with Crippen LogP contribution in [0.5, 0.6) is 0 Å². The smallest absolute Gasteiger partial charge is 0.306 e. The Hall–Kier alpha value is -0.653. The molecule has 1 aliphatic heterocycles.